The lowest BCUT2D eigenvalue weighted by atomic mass is 10.0. The van der Waals surface area contributed by atoms with Gasteiger partial charge in [0.1, 0.15) is 17.2 Å². The van der Waals surface area contributed by atoms with Crippen LogP contribution in [0, 0.1) is 5.82 Å². The van der Waals surface area contributed by atoms with Crippen molar-refractivity contribution in [2.45, 2.75) is 0 Å². The summed E-state index contributed by atoms with van der Waals surface area (Å²) in [5.74, 6) is -0.0858. The molecule has 2 aromatic heterocycles. The topological polar surface area (TPSA) is 71.5 Å². The highest BCUT2D eigenvalue weighted by molar-refractivity contribution is 6.33. The standard InChI is InChI=1S/C20H20ClFN6/c1-27(2)7-6-25-12-8-13(18-14(21)4-3-5-15(18)22)19-16(9-12)28-11-24-10-17(28)20(23)26-19/h3-5,8-11,25H,6-7H2,1-2H3,(H2,23,26). The molecule has 0 spiro atoms. The summed E-state index contributed by atoms with van der Waals surface area (Å²) < 4.78 is 16.6. The van der Waals surface area contributed by atoms with Gasteiger partial charge >= 0.3 is 0 Å². The number of nitrogens with one attached hydrogen (secondary N) is 1. The Balaban J connectivity index is 1.99. The molecule has 4 aromatic rings. The molecular formula is C20H20ClFN6. The molecule has 0 bridgehead atoms. The van der Waals surface area contributed by atoms with Crippen LogP contribution in [0.5, 0.6) is 0 Å². The van der Waals surface area contributed by atoms with E-state index in [-0.39, 0.29) is 0 Å². The molecule has 0 saturated heterocycles. The van der Waals surface area contributed by atoms with Gasteiger partial charge in [-0.05, 0) is 38.4 Å². The van der Waals surface area contributed by atoms with Crippen LogP contribution in [-0.4, -0.2) is 46.5 Å². The van der Waals surface area contributed by atoms with E-state index in [1.807, 2.05) is 30.6 Å². The van der Waals surface area contributed by atoms with E-state index in [0.717, 1.165) is 24.3 Å². The number of rotatable bonds is 5. The van der Waals surface area contributed by atoms with E-state index in [9.17, 15) is 4.39 Å². The van der Waals surface area contributed by atoms with Gasteiger partial charge in [-0.25, -0.2) is 14.4 Å². The molecule has 0 aliphatic carbocycles. The predicted molar refractivity (Wildman–Crippen MR) is 112 cm³/mol. The van der Waals surface area contributed by atoms with Crippen LogP contribution < -0.4 is 11.1 Å². The van der Waals surface area contributed by atoms with Crippen LogP contribution in [0.1, 0.15) is 0 Å². The van der Waals surface area contributed by atoms with Gasteiger partial charge in [-0.15, -0.1) is 0 Å². The van der Waals surface area contributed by atoms with Gasteiger partial charge in [-0.2, -0.15) is 0 Å². The first-order valence-corrected chi connectivity index (χ1v) is 9.22. The third-order valence-electron chi connectivity index (χ3n) is 4.60. The van der Waals surface area contributed by atoms with E-state index in [2.05, 4.69) is 20.2 Å². The third kappa shape index (κ3) is 3.23. The van der Waals surface area contributed by atoms with E-state index in [4.69, 9.17) is 17.3 Å². The van der Waals surface area contributed by atoms with Gasteiger partial charge in [0.15, 0.2) is 0 Å². The van der Waals surface area contributed by atoms with E-state index >= 15 is 0 Å². The fourth-order valence-corrected chi connectivity index (χ4v) is 3.51. The number of halogens is 2. The number of aromatic nitrogens is 3. The summed E-state index contributed by atoms with van der Waals surface area (Å²) in [7, 11) is 4.02. The minimum absolute atomic E-state index is 0.303. The molecule has 0 aliphatic heterocycles. The molecule has 0 aliphatic rings. The van der Waals surface area contributed by atoms with Gasteiger partial charge in [-0.1, -0.05) is 17.7 Å². The van der Waals surface area contributed by atoms with Crippen LogP contribution in [0.25, 0.3) is 27.7 Å². The Bertz CT molecular complexity index is 1150. The Morgan fingerprint density at radius 2 is 2.07 bits per heavy atom. The van der Waals surface area contributed by atoms with E-state index < -0.39 is 5.82 Å². The molecule has 3 N–H and O–H groups in total. The molecule has 0 fully saturated rings. The van der Waals surface area contributed by atoms with Gasteiger partial charge in [0.25, 0.3) is 0 Å². The van der Waals surface area contributed by atoms with Gasteiger partial charge < -0.3 is 16.0 Å². The molecule has 2 aromatic carbocycles. The van der Waals surface area contributed by atoms with Crippen molar-refractivity contribution < 1.29 is 4.39 Å². The lowest BCUT2D eigenvalue weighted by Gasteiger charge is -2.16. The SMILES string of the molecule is CN(C)CCNc1cc(-c2c(F)cccc2Cl)c2nc(N)c3cncn3c2c1. The monoisotopic (exact) mass is 398 g/mol. The zero-order valence-corrected chi connectivity index (χ0v) is 16.3. The van der Waals surface area contributed by atoms with Gasteiger partial charge in [0.2, 0.25) is 0 Å². The molecule has 0 atom stereocenters. The summed E-state index contributed by atoms with van der Waals surface area (Å²) in [6.45, 7) is 1.59. The number of likely N-dealkylation sites (N-methyl/N-ethyl adjacent to an activating group) is 1. The fraction of sp³-hybridized carbons (Fsp3) is 0.200. The smallest absolute Gasteiger partial charge is 0.150 e. The van der Waals surface area contributed by atoms with Gasteiger partial charge in [0, 0.05) is 29.9 Å². The highest BCUT2D eigenvalue weighted by Crippen LogP contribution is 2.37. The van der Waals surface area contributed by atoms with Crippen molar-refractivity contribution in [1.82, 2.24) is 19.3 Å². The molecule has 0 radical (unpaired) electrons. The second-order valence-corrected chi connectivity index (χ2v) is 7.27. The lowest BCUT2D eigenvalue weighted by Crippen LogP contribution is -2.20. The maximum Gasteiger partial charge on any atom is 0.150 e. The molecule has 6 nitrogen and oxygen atoms in total. The second kappa shape index (κ2) is 7.26. The van der Waals surface area contributed by atoms with Crippen LogP contribution in [-0.2, 0) is 0 Å². The number of hydrogen-bond donors (Lipinski definition) is 2. The average molecular weight is 399 g/mol. The van der Waals surface area contributed by atoms with E-state index in [1.165, 1.54) is 6.07 Å². The Kier molecular flexibility index (Phi) is 4.78. The molecule has 0 saturated carbocycles. The summed E-state index contributed by atoms with van der Waals surface area (Å²) in [5.41, 5.74) is 9.87. The number of nitrogen functional groups attached to an aromatic ring is 1. The minimum atomic E-state index is -0.412. The van der Waals surface area contributed by atoms with Crippen LogP contribution in [0.4, 0.5) is 15.9 Å². The molecule has 0 unspecified atom stereocenters. The normalized spacial score (nSPS) is 11.6. The van der Waals surface area contributed by atoms with Crippen molar-refractivity contribution in [2.24, 2.45) is 0 Å². The number of benzene rings is 2. The van der Waals surface area contributed by atoms with Crippen molar-refractivity contribution in [3.8, 4) is 11.1 Å². The first-order chi connectivity index (χ1) is 13.5. The molecule has 2 heterocycles. The van der Waals surface area contributed by atoms with E-state index in [0.29, 0.717) is 33.0 Å². The van der Waals surface area contributed by atoms with Gasteiger partial charge in [0.05, 0.1) is 28.6 Å². The van der Waals surface area contributed by atoms with Crippen molar-refractivity contribution in [1.29, 1.82) is 0 Å². The van der Waals surface area contributed by atoms with E-state index in [1.54, 1.807) is 24.7 Å². The number of imidazole rings is 1. The summed E-state index contributed by atoms with van der Waals surface area (Å²) in [6.07, 6.45) is 3.33. The predicted octanol–water partition coefficient (Wildman–Crippen LogP) is 3.90. The van der Waals surface area contributed by atoms with Crippen molar-refractivity contribution in [3.05, 3.63) is 53.7 Å². The summed E-state index contributed by atoms with van der Waals surface area (Å²) >= 11 is 6.35. The molecule has 8 heteroatoms. The summed E-state index contributed by atoms with van der Waals surface area (Å²) in [5, 5.41) is 3.71. The molecular weight excluding hydrogens is 379 g/mol. The second-order valence-electron chi connectivity index (χ2n) is 6.86. The minimum Gasteiger partial charge on any atom is -0.384 e. The fourth-order valence-electron chi connectivity index (χ4n) is 3.25. The number of hydrogen-bond acceptors (Lipinski definition) is 5. The summed E-state index contributed by atoms with van der Waals surface area (Å²) in [6, 6.07) is 8.45. The molecule has 0 amide bonds. The van der Waals surface area contributed by atoms with Crippen molar-refractivity contribution in [2.75, 3.05) is 38.2 Å². The quantitative estimate of drug-likeness (QED) is 0.533. The zero-order valence-electron chi connectivity index (χ0n) is 15.6. The third-order valence-corrected chi connectivity index (χ3v) is 4.92. The number of nitrogens with zero attached hydrogens (tertiary/aromatic N) is 4. The molecule has 28 heavy (non-hydrogen) atoms. The Hall–Kier alpha value is -2.90. The maximum absolute atomic E-state index is 14.7. The molecule has 144 valence electrons. The number of nitrogens with two attached hydrogens (primary N) is 1. The average Bonchev–Trinajstić information content (AvgIpc) is 3.13. The first-order valence-electron chi connectivity index (χ1n) is 8.84. The Labute approximate surface area is 166 Å². The van der Waals surface area contributed by atoms with Crippen LogP contribution in [0.3, 0.4) is 0 Å². The highest BCUT2D eigenvalue weighted by Gasteiger charge is 2.18. The first kappa shape index (κ1) is 18.5. The van der Waals surface area contributed by atoms with Crippen LogP contribution >= 0.6 is 11.6 Å². The number of fused-ring (bicyclic) bond motifs is 3. The zero-order chi connectivity index (χ0) is 19.8. The lowest BCUT2D eigenvalue weighted by molar-refractivity contribution is 0.425. The highest BCUT2D eigenvalue weighted by atomic mass is 35.5. The molecule has 4 rings (SSSR count). The van der Waals surface area contributed by atoms with Crippen molar-refractivity contribution >= 4 is 39.7 Å². The Morgan fingerprint density at radius 3 is 2.82 bits per heavy atom. The van der Waals surface area contributed by atoms with Gasteiger partial charge in [-0.3, -0.25) is 4.40 Å². The van der Waals surface area contributed by atoms with Crippen LogP contribution in [0.15, 0.2) is 42.9 Å². The Morgan fingerprint density at radius 1 is 1.25 bits per heavy atom. The van der Waals surface area contributed by atoms with Crippen LogP contribution in [0.2, 0.25) is 5.02 Å². The number of anilines is 2. The largest absolute Gasteiger partial charge is 0.384 e. The maximum atomic E-state index is 14.7. The van der Waals surface area contributed by atoms with Crippen molar-refractivity contribution in [3.63, 3.8) is 0 Å². The summed E-state index contributed by atoms with van der Waals surface area (Å²) in [4.78, 5) is 10.8.